The van der Waals surface area contributed by atoms with Gasteiger partial charge in [-0.15, -0.1) is 0 Å². The van der Waals surface area contributed by atoms with Gasteiger partial charge in [0.05, 0.1) is 23.3 Å². The number of hydrogen-bond donors (Lipinski definition) is 1. The number of halogens is 2. The molecule has 0 unspecified atom stereocenters. The lowest BCUT2D eigenvalue weighted by molar-refractivity contribution is 0.102. The molecule has 0 heterocycles. The number of nitriles is 1. The zero-order valence-electron chi connectivity index (χ0n) is 11.0. The summed E-state index contributed by atoms with van der Waals surface area (Å²) in [5, 5.41) is 11.3. The van der Waals surface area contributed by atoms with Crippen LogP contribution < -0.4 is 10.1 Å². The summed E-state index contributed by atoms with van der Waals surface area (Å²) in [4.78, 5) is 12.2. The van der Waals surface area contributed by atoms with Crippen molar-refractivity contribution in [1.82, 2.24) is 0 Å². The average molecular weight is 305 g/mol. The summed E-state index contributed by atoms with van der Waals surface area (Å²) in [6, 6.07) is 10.6. The molecule has 0 bridgehead atoms. The Morgan fingerprint density at radius 3 is 2.71 bits per heavy atom. The second-order valence-electron chi connectivity index (χ2n) is 4.05. The fourth-order valence-electron chi connectivity index (χ4n) is 1.78. The van der Waals surface area contributed by atoms with E-state index in [1.54, 1.807) is 12.1 Å². The predicted molar refractivity (Wildman–Crippen MR) is 77.1 cm³/mol. The summed E-state index contributed by atoms with van der Waals surface area (Å²) in [7, 11) is 1.42. The Labute approximate surface area is 125 Å². The highest BCUT2D eigenvalue weighted by molar-refractivity contribution is 6.34. The second kappa shape index (κ2) is 6.25. The summed E-state index contributed by atoms with van der Waals surface area (Å²) >= 11 is 5.77. The Morgan fingerprint density at radius 1 is 1.33 bits per heavy atom. The lowest BCUT2D eigenvalue weighted by atomic mass is 10.1. The van der Waals surface area contributed by atoms with E-state index in [0.29, 0.717) is 5.75 Å². The molecular weight excluding hydrogens is 295 g/mol. The van der Waals surface area contributed by atoms with Crippen molar-refractivity contribution in [3.05, 3.63) is 58.4 Å². The van der Waals surface area contributed by atoms with Crippen LogP contribution in [0.3, 0.4) is 0 Å². The molecule has 2 rings (SSSR count). The molecule has 0 aliphatic heterocycles. The normalized spacial score (nSPS) is 9.81. The van der Waals surface area contributed by atoms with Gasteiger partial charge in [0.2, 0.25) is 0 Å². The first-order valence-corrected chi connectivity index (χ1v) is 6.28. The molecule has 1 N–H and O–H groups in total. The van der Waals surface area contributed by atoms with Crippen molar-refractivity contribution in [1.29, 1.82) is 5.26 Å². The van der Waals surface area contributed by atoms with E-state index in [-0.39, 0.29) is 21.8 Å². The summed E-state index contributed by atoms with van der Waals surface area (Å²) in [5.74, 6) is -0.986. The van der Waals surface area contributed by atoms with Crippen LogP contribution in [0.5, 0.6) is 5.75 Å². The van der Waals surface area contributed by atoms with Gasteiger partial charge >= 0.3 is 0 Å². The third kappa shape index (κ3) is 2.96. The molecule has 6 heteroatoms. The van der Waals surface area contributed by atoms with Crippen molar-refractivity contribution >= 4 is 23.2 Å². The summed E-state index contributed by atoms with van der Waals surface area (Å²) < 4.78 is 18.5. The van der Waals surface area contributed by atoms with E-state index in [9.17, 15) is 9.18 Å². The molecule has 1 amide bonds. The van der Waals surface area contributed by atoms with Gasteiger partial charge in [-0.2, -0.15) is 5.26 Å². The van der Waals surface area contributed by atoms with E-state index >= 15 is 0 Å². The SMILES string of the molecule is COc1cccc(C#N)c1NC(=O)c1cccc(F)c1Cl. The van der Waals surface area contributed by atoms with Gasteiger partial charge < -0.3 is 10.1 Å². The van der Waals surface area contributed by atoms with Gasteiger partial charge in [0, 0.05) is 0 Å². The van der Waals surface area contributed by atoms with Crippen LogP contribution >= 0.6 is 11.6 Å². The minimum Gasteiger partial charge on any atom is -0.495 e. The molecule has 0 aromatic heterocycles. The van der Waals surface area contributed by atoms with Crippen LogP contribution in [0.25, 0.3) is 0 Å². The van der Waals surface area contributed by atoms with Crippen LogP contribution in [-0.4, -0.2) is 13.0 Å². The lowest BCUT2D eigenvalue weighted by Crippen LogP contribution is -2.14. The quantitative estimate of drug-likeness (QED) is 0.942. The molecule has 0 atom stereocenters. The molecule has 0 saturated carbocycles. The number of carbonyl (C=O) groups is 1. The van der Waals surface area contributed by atoms with Crippen LogP contribution in [0.2, 0.25) is 5.02 Å². The zero-order valence-corrected chi connectivity index (χ0v) is 11.7. The summed E-state index contributed by atoms with van der Waals surface area (Å²) in [6.45, 7) is 0. The Hall–Kier alpha value is -2.58. The highest BCUT2D eigenvalue weighted by Crippen LogP contribution is 2.29. The van der Waals surface area contributed by atoms with Gasteiger partial charge in [0.25, 0.3) is 5.91 Å². The van der Waals surface area contributed by atoms with Crippen LogP contribution in [0.4, 0.5) is 10.1 Å². The van der Waals surface area contributed by atoms with Gasteiger partial charge in [0.15, 0.2) is 0 Å². The standard InChI is InChI=1S/C15H10ClFN2O2/c1-21-12-7-2-4-9(8-18)14(12)19-15(20)10-5-3-6-11(17)13(10)16/h2-7H,1H3,(H,19,20). The third-order valence-electron chi connectivity index (χ3n) is 2.80. The van der Waals surface area contributed by atoms with Crippen molar-refractivity contribution in [2.75, 3.05) is 12.4 Å². The number of nitrogens with one attached hydrogen (secondary N) is 1. The molecule has 0 saturated heterocycles. The largest absolute Gasteiger partial charge is 0.495 e. The highest BCUT2D eigenvalue weighted by Gasteiger charge is 2.17. The molecule has 0 fully saturated rings. The number of hydrogen-bond acceptors (Lipinski definition) is 3. The first kappa shape index (κ1) is 14.8. The zero-order chi connectivity index (χ0) is 15.4. The highest BCUT2D eigenvalue weighted by atomic mass is 35.5. The molecule has 4 nitrogen and oxygen atoms in total. The fourth-order valence-corrected chi connectivity index (χ4v) is 2.00. The van der Waals surface area contributed by atoms with E-state index in [1.165, 1.54) is 25.3 Å². The molecule has 0 radical (unpaired) electrons. The van der Waals surface area contributed by atoms with E-state index < -0.39 is 11.7 Å². The Bertz CT molecular complexity index is 741. The van der Waals surface area contributed by atoms with Gasteiger partial charge in [-0.25, -0.2) is 4.39 Å². The maximum absolute atomic E-state index is 13.4. The topological polar surface area (TPSA) is 62.1 Å². The minimum absolute atomic E-state index is 0.0218. The second-order valence-corrected chi connectivity index (χ2v) is 4.43. The minimum atomic E-state index is -0.690. The summed E-state index contributed by atoms with van der Waals surface area (Å²) in [6.07, 6.45) is 0. The number of rotatable bonds is 3. The Morgan fingerprint density at radius 2 is 2.05 bits per heavy atom. The van der Waals surface area contributed by atoms with E-state index in [2.05, 4.69) is 5.32 Å². The Kier molecular flexibility index (Phi) is 4.41. The Balaban J connectivity index is 2.41. The molecule has 0 aliphatic rings. The fraction of sp³-hybridized carbons (Fsp3) is 0.0667. The molecule has 0 spiro atoms. The number of amides is 1. The number of methoxy groups -OCH3 is 1. The van der Waals surface area contributed by atoms with E-state index in [1.807, 2.05) is 6.07 Å². The van der Waals surface area contributed by atoms with Crippen molar-refractivity contribution < 1.29 is 13.9 Å². The molecule has 2 aromatic rings. The number of carbonyl (C=O) groups excluding carboxylic acids is 1. The van der Waals surface area contributed by atoms with E-state index in [0.717, 1.165) is 6.07 Å². The monoisotopic (exact) mass is 304 g/mol. The maximum Gasteiger partial charge on any atom is 0.257 e. The number of nitrogens with zero attached hydrogens (tertiary/aromatic N) is 1. The van der Waals surface area contributed by atoms with Gasteiger partial charge in [-0.3, -0.25) is 4.79 Å². The van der Waals surface area contributed by atoms with Gasteiger partial charge in [0.1, 0.15) is 23.3 Å². The third-order valence-corrected chi connectivity index (χ3v) is 3.19. The lowest BCUT2D eigenvalue weighted by Gasteiger charge is -2.12. The van der Waals surface area contributed by atoms with Gasteiger partial charge in [-0.1, -0.05) is 23.7 Å². The average Bonchev–Trinajstić information content (AvgIpc) is 2.50. The van der Waals surface area contributed by atoms with Crippen molar-refractivity contribution in [3.8, 4) is 11.8 Å². The predicted octanol–water partition coefficient (Wildman–Crippen LogP) is 3.61. The van der Waals surface area contributed by atoms with Crippen LogP contribution in [0.1, 0.15) is 15.9 Å². The molecule has 106 valence electrons. The number of para-hydroxylation sites is 1. The number of ether oxygens (including phenoxy) is 1. The number of anilines is 1. The van der Waals surface area contributed by atoms with Crippen LogP contribution in [0.15, 0.2) is 36.4 Å². The maximum atomic E-state index is 13.4. The van der Waals surface area contributed by atoms with E-state index in [4.69, 9.17) is 21.6 Å². The first-order valence-electron chi connectivity index (χ1n) is 5.91. The number of benzene rings is 2. The van der Waals surface area contributed by atoms with Crippen molar-refractivity contribution in [2.45, 2.75) is 0 Å². The molecular formula is C15H10ClFN2O2. The molecule has 0 aliphatic carbocycles. The van der Waals surface area contributed by atoms with Gasteiger partial charge in [-0.05, 0) is 24.3 Å². The van der Waals surface area contributed by atoms with Crippen LogP contribution in [-0.2, 0) is 0 Å². The first-order chi connectivity index (χ1) is 10.1. The van der Waals surface area contributed by atoms with Crippen molar-refractivity contribution in [2.24, 2.45) is 0 Å². The summed E-state index contributed by atoms with van der Waals surface area (Å²) in [5.41, 5.74) is 0.425. The molecule has 2 aromatic carbocycles. The molecule has 21 heavy (non-hydrogen) atoms. The van der Waals surface area contributed by atoms with Crippen LogP contribution in [0, 0.1) is 17.1 Å². The smallest absolute Gasteiger partial charge is 0.257 e. The van der Waals surface area contributed by atoms with Crippen molar-refractivity contribution in [3.63, 3.8) is 0 Å².